The van der Waals surface area contributed by atoms with Gasteiger partial charge in [-0.15, -0.1) is 0 Å². The van der Waals surface area contributed by atoms with Crippen molar-refractivity contribution in [1.29, 1.82) is 5.26 Å². The largest absolute Gasteiger partial charge is 0.436 e. The number of nitriles is 1. The van der Waals surface area contributed by atoms with Crippen LogP contribution in [-0.4, -0.2) is 55.2 Å². The van der Waals surface area contributed by atoms with Crippen LogP contribution in [0.2, 0.25) is 0 Å². The Morgan fingerprint density at radius 2 is 2.15 bits per heavy atom. The Labute approximate surface area is 188 Å². The molecule has 2 aromatic rings. The number of hydrogen-bond acceptors (Lipinski definition) is 8. The van der Waals surface area contributed by atoms with E-state index in [2.05, 4.69) is 9.98 Å². The first-order valence-electron chi connectivity index (χ1n) is 10.1. The standard InChI is InChI=1S/C22H21F2N5O4/c1-29-20(30)15-6-13(10-31-2)32-11-22(15,28-21(29)26)14-7-18(17(24)8-16(14)23)33-19-5-12(9-25)3-4-27-19/h3-5,7-8,13,15H,6,10-11H2,1-2H3,(H2,26,28)/t13-,15?,22-/m1/s1. The van der Waals surface area contributed by atoms with Crippen molar-refractivity contribution < 1.29 is 27.8 Å². The normalized spacial score (nSPS) is 24.6. The maximum absolute atomic E-state index is 15.2. The molecular weight excluding hydrogens is 436 g/mol. The minimum absolute atomic E-state index is 0.0536. The van der Waals surface area contributed by atoms with E-state index in [9.17, 15) is 9.18 Å². The van der Waals surface area contributed by atoms with E-state index in [-0.39, 0.29) is 54.3 Å². The molecule has 33 heavy (non-hydrogen) atoms. The second-order valence-corrected chi connectivity index (χ2v) is 7.83. The molecule has 3 heterocycles. The molecule has 1 saturated heterocycles. The molecule has 0 spiro atoms. The van der Waals surface area contributed by atoms with Gasteiger partial charge in [-0.1, -0.05) is 0 Å². The molecular formula is C22H21F2N5O4. The van der Waals surface area contributed by atoms with Crippen LogP contribution in [0.15, 0.2) is 35.5 Å². The summed E-state index contributed by atoms with van der Waals surface area (Å²) in [6, 6.07) is 6.49. The molecule has 1 unspecified atom stereocenters. The molecule has 3 atom stereocenters. The van der Waals surface area contributed by atoms with E-state index in [4.69, 9.17) is 25.2 Å². The Hall–Kier alpha value is -3.62. The lowest BCUT2D eigenvalue weighted by Crippen LogP contribution is -2.60. The summed E-state index contributed by atoms with van der Waals surface area (Å²) in [7, 11) is 2.99. The zero-order chi connectivity index (χ0) is 23.8. The highest BCUT2D eigenvalue weighted by molar-refractivity contribution is 6.00. The number of hydrogen-bond donors (Lipinski definition) is 1. The quantitative estimate of drug-likeness (QED) is 0.729. The summed E-state index contributed by atoms with van der Waals surface area (Å²) in [6.45, 7) is 0.0695. The summed E-state index contributed by atoms with van der Waals surface area (Å²) < 4.78 is 46.3. The van der Waals surface area contributed by atoms with Gasteiger partial charge in [0.15, 0.2) is 17.5 Å². The van der Waals surface area contributed by atoms with E-state index in [1.807, 2.05) is 6.07 Å². The summed E-state index contributed by atoms with van der Waals surface area (Å²) in [5.41, 5.74) is 4.61. The number of amides is 1. The number of nitrogens with zero attached hydrogens (tertiary/aromatic N) is 4. The van der Waals surface area contributed by atoms with Crippen molar-refractivity contribution in [1.82, 2.24) is 9.88 Å². The maximum atomic E-state index is 15.2. The number of halogens is 2. The van der Waals surface area contributed by atoms with Crippen LogP contribution in [0.4, 0.5) is 8.78 Å². The van der Waals surface area contributed by atoms with Crippen LogP contribution in [0.5, 0.6) is 11.6 Å². The number of guanidine groups is 1. The van der Waals surface area contributed by atoms with Gasteiger partial charge in [0, 0.05) is 38.1 Å². The Morgan fingerprint density at radius 1 is 1.36 bits per heavy atom. The topological polar surface area (TPSA) is 123 Å². The number of aliphatic imine (C=N–C) groups is 1. The van der Waals surface area contributed by atoms with Crippen LogP contribution in [-0.2, 0) is 19.8 Å². The molecule has 11 heteroatoms. The lowest BCUT2D eigenvalue weighted by Gasteiger charge is -2.47. The number of carbonyl (C=O) groups excluding carboxylic acids is 1. The molecule has 2 aliphatic rings. The highest BCUT2D eigenvalue weighted by Gasteiger charge is 2.54. The van der Waals surface area contributed by atoms with Crippen LogP contribution in [0, 0.1) is 28.9 Å². The number of benzene rings is 1. The molecule has 0 bridgehead atoms. The minimum atomic E-state index is -1.52. The van der Waals surface area contributed by atoms with E-state index in [1.54, 1.807) is 0 Å². The molecule has 1 fully saturated rings. The van der Waals surface area contributed by atoms with Crippen molar-refractivity contribution in [3.8, 4) is 17.7 Å². The minimum Gasteiger partial charge on any atom is -0.436 e. The predicted octanol–water partition coefficient (Wildman–Crippen LogP) is 2.06. The van der Waals surface area contributed by atoms with E-state index in [0.717, 1.165) is 6.07 Å². The van der Waals surface area contributed by atoms with E-state index < -0.39 is 29.2 Å². The first-order chi connectivity index (χ1) is 15.8. The second kappa shape index (κ2) is 8.73. The Morgan fingerprint density at radius 3 is 2.88 bits per heavy atom. The fraction of sp³-hybridized carbons (Fsp3) is 0.364. The number of fused-ring (bicyclic) bond motifs is 1. The highest BCUT2D eigenvalue weighted by Crippen LogP contribution is 2.46. The van der Waals surface area contributed by atoms with Crippen LogP contribution in [0.25, 0.3) is 0 Å². The van der Waals surface area contributed by atoms with Crippen molar-refractivity contribution in [2.45, 2.75) is 18.1 Å². The number of rotatable bonds is 5. The summed E-state index contributed by atoms with van der Waals surface area (Å²) in [5.74, 6) is -3.61. The van der Waals surface area contributed by atoms with Gasteiger partial charge < -0.3 is 19.9 Å². The predicted molar refractivity (Wildman–Crippen MR) is 111 cm³/mol. The van der Waals surface area contributed by atoms with Crippen LogP contribution in [0.1, 0.15) is 17.5 Å². The molecule has 4 rings (SSSR count). The smallest absolute Gasteiger partial charge is 0.235 e. The number of pyridine rings is 1. The lowest BCUT2D eigenvalue weighted by atomic mass is 9.72. The Balaban J connectivity index is 1.81. The SMILES string of the molecule is COC[C@H]1CC2C(=O)N(C)C(N)=N[C@@]2(c2cc(Oc3cc(C#N)ccn3)c(F)cc2F)CO1. The number of ether oxygens (including phenoxy) is 3. The zero-order valence-electron chi connectivity index (χ0n) is 17.9. The fourth-order valence-corrected chi connectivity index (χ4v) is 4.13. The molecule has 9 nitrogen and oxygen atoms in total. The molecule has 172 valence electrons. The number of methoxy groups -OCH3 is 1. The van der Waals surface area contributed by atoms with Crippen LogP contribution >= 0.6 is 0 Å². The number of nitrogens with two attached hydrogens (primary N) is 1. The van der Waals surface area contributed by atoms with Gasteiger partial charge in [-0.25, -0.2) is 18.8 Å². The van der Waals surface area contributed by atoms with Gasteiger partial charge >= 0.3 is 0 Å². The number of aromatic nitrogens is 1. The van der Waals surface area contributed by atoms with Crippen LogP contribution in [0.3, 0.4) is 0 Å². The molecule has 2 N–H and O–H groups in total. The molecule has 1 aromatic carbocycles. The van der Waals surface area contributed by atoms with E-state index in [1.165, 1.54) is 37.4 Å². The van der Waals surface area contributed by atoms with Crippen molar-refractivity contribution >= 4 is 11.9 Å². The molecule has 1 aromatic heterocycles. The third kappa shape index (κ3) is 3.99. The van der Waals surface area contributed by atoms with Gasteiger partial charge in [0.05, 0.1) is 36.9 Å². The molecule has 0 radical (unpaired) electrons. The maximum Gasteiger partial charge on any atom is 0.235 e. The average Bonchev–Trinajstić information content (AvgIpc) is 2.80. The van der Waals surface area contributed by atoms with E-state index >= 15 is 4.39 Å². The average molecular weight is 457 g/mol. The van der Waals surface area contributed by atoms with Crippen molar-refractivity contribution in [2.75, 3.05) is 27.4 Å². The van der Waals surface area contributed by atoms with Crippen LogP contribution < -0.4 is 10.5 Å². The first kappa shape index (κ1) is 22.6. The monoisotopic (exact) mass is 457 g/mol. The lowest BCUT2D eigenvalue weighted by molar-refractivity contribution is -0.148. The number of carbonyl (C=O) groups is 1. The van der Waals surface area contributed by atoms with Crippen molar-refractivity contribution in [3.05, 3.63) is 53.2 Å². The van der Waals surface area contributed by atoms with Gasteiger partial charge in [0.25, 0.3) is 0 Å². The summed E-state index contributed by atoms with van der Waals surface area (Å²) in [4.78, 5) is 22.7. The second-order valence-electron chi connectivity index (χ2n) is 7.83. The summed E-state index contributed by atoms with van der Waals surface area (Å²) >= 11 is 0. The molecule has 1 amide bonds. The summed E-state index contributed by atoms with van der Waals surface area (Å²) in [6.07, 6.45) is 1.13. The van der Waals surface area contributed by atoms with Crippen molar-refractivity contribution in [2.24, 2.45) is 16.6 Å². The first-order valence-corrected chi connectivity index (χ1v) is 10.1. The van der Waals surface area contributed by atoms with Gasteiger partial charge in [0.2, 0.25) is 11.8 Å². The van der Waals surface area contributed by atoms with Crippen molar-refractivity contribution in [3.63, 3.8) is 0 Å². The molecule has 0 aliphatic carbocycles. The molecule has 0 saturated carbocycles. The van der Waals surface area contributed by atoms with Gasteiger partial charge in [-0.3, -0.25) is 9.69 Å². The summed E-state index contributed by atoms with van der Waals surface area (Å²) in [5, 5.41) is 9.05. The fourth-order valence-electron chi connectivity index (χ4n) is 4.13. The van der Waals surface area contributed by atoms with E-state index in [0.29, 0.717) is 6.07 Å². The van der Waals surface area contributed by atoms with Gasteiger partial charge in [-0.2, -0.15) is 5.26 Å². The third-order valence-corrected chi connectivity index (χ3v) is 5.82. The molecule has 2 aliphatic heterocycles. The van der Waals surface area contributed by atoms with Gasteiger partial charge in [-0.05, 0) is 18.6 Å². The Kier molecular flexibility index (Phi) is 5.97. The Bertz CT molecular complexity index is 1170. The van der Waals surface area contributed by atoms with Gasteiger partial charge in [0.1, 0.15) is 11.4 Å². The zero-order valence-corrected chi connectivity index (χ0v) is 17.9. The highest BCUT2D eigenvalue weighted by atomic mass is 19.1. The third-order valence-electron chi connectivity index (χ3n) is 5.82.